The van der Waals surface area contributed by atoms with Crippen LogP contribution in [0, 0.1) is 13.8 Å². The van der Waals surface area contributed by atoms with Crippen LogP contribution in [0.4, 0.5) is 17.3 Å². The number of para-hydroxylation sites is 1. The van der Waals surface area contributed by atoms with Crippen LogP contribution >= 0.6 is 0 Å². The zero-order valence-corrected chi connectivity index (χ0v) is 16.8. The summed E-state index contributed by atoms with van der Waals surface area (Å²) < 4.78 is 0. The first-order chi connectivity index (χ1) is 14.1. The second-order valence-corrected chi connectivity index (χ2v) is 7.32. The third-order valence-electron chi connectivity index (χ3n) is 5.27. The number of amides is 1. The van der Waals surface area contributed by atoms with E-state index >= 15 is 0 Å². The van der Waals surface area contributed by atoms with Crippen molar-refractivity contribution in [1.82, 2.24) is 14.9 Å². The van der Waals surface area contributed by atoms with Crippen molar-refractivity contribution >= 4 is 23.7 Å². The Hall–Kier alpha value is -3.41. The molecule has 0 spiro atoms. The zero-order valence-electron chi connectivity index (χ0n) is 16.8. The summed E-state index contributed by atoms with van der Waals surface area (Å²) in [5.41, 5.74) is 4.39. The van der Waals surface area contributed by atoms with E-state index < -0.39 is 0 Å². The van der Waals surface area contributed by atoms with E-state index in [4.69, 9.17) is 9.97 Å². The van der Waals surface area contributed by atoms with Gasteiger partial charge in [-0.05, 0) is 25.0 Å². The van der Waals surface area contributed by atoms with E-state index in [0.29, 0.717) is 18.9 Å². The molecule has 1 saturated heterocycles. The fourth-order valence-electron chi connectivity index (χ4n) is 3.57. The summed E-state index contributed by atoms with van der Waals surface area (Å²) in [6.45, 7) is 7.10. The summed E-state index contributed by atoms with van der Waals surface area (Å²) in [6, 6.07) is 18.3. The Morgan fingerprint density at radius 1 is 0.897 bits per heavy atom. The van der Waals surface area contributed by atoms with Gasteiger partial charge in [0, 0.05) is 43.5 Å². The average molecular weight is 387 g/mol. The van der Waals surface area contributed by atoms with Gasteiger partial charge in [-0.25, -0.2) is 9.97 Å². The van der Waals surface area contributed by atoms with Gasteiger partial charge in [0.25, 0.3) is 0 Å². The highest BCUT2D eigenvalue weighted by Crippen LogP contribution is 2.28. The van der Waals surface area contributed by atoms with E-state index in [2.05, 4.69) is 42.3 Å². The molecule has 0 atom stereocenters. The van der Waals surface area contributed by atoms with Gasteiger partial charge in [0.1, 0.15) is 11.6 Å². The summed E-state index contributed by atoms with van der Waals surface area (Å²) in [7, 11) is 0. The van der Waals surface area contributed by atoms with Crippen molar-refractivity contribution in [3.8, 4) is 11.4 Å². The van der Waals surface area contributed by atoms with Crippen LogP contribution in [0.1, 0.15) is 11.1 Å². The number of benzene rings is 2. The molecular weight excluding hydrogens is 362 g/mol. The van der Waals surface area contributed by atoms with Crippen molar-refractivity contribution in [3.63, 3.8) is 0 Å². The molecule has 3 aromatic rings. The monoisotopic (exact) mass is 387 g/mol. The summed E-state index contributed by atoms with van der Waals surface area (Å²) >= 11 is 0. The Labute approximate surface area is 171 Å². The smallest absolute Gasteiger partial charge is 0.209 e. The standard InChI is InChI=1S/C23H25N5O/c1-17-7-6-8-18(2)22(17)24-20-15-21(28-13-11-27(16-29)12-14-28)26-23(25-20)19-9-4-3-5-10-19/h3-10,15-16H,11-14H2,1-2H3,(H,24,25,26). The van der Waals surface area contributed by atoms with E-state index in [1.807, 2.05) is 36.4 Å². The predicted molar refractivity (Wildman–Crippen MR) is 117 cm³/mol. The van der Waals surface area contributed by atoms with Crippen molar-refractivity contribution in [1.29, 1.82) is 0 Å². The van der Waals surface area contributed by atoms with Gasteiger partial charge in [-0.15, -0.1) is 0 Å². The number of carbonyl (C=O) groups is 1. The van der Waals surface area contributed by atoms with Gasteiger partial charge in [-0.2, -0.15) is 0 Å². The lowest BCUT2D eigenvalue weighted by atomic mass is 10.1. The van der Waals surface area contributed by atoms with Crippen LogP contribution in [0.3, 0.4) is 0 Å². The van der Waals surface area contributed by atoms with Crippen LogP contribution in [0.25, 0.3) is 11.4 Å². The average Bonchev–Trinajstić information content (AvgIpc) is 2.77. The highest BCUT2D eigenvalue weighted by atomic mass is 16.1. The molecule has 1 aliphatic heterocycles. The van der Waals surface area contributed by atoms with Gasteiger partial charge in [-0.1, -0.05) is 48.5 Å². The first kappa shape index (κ1) is 18.9. The number of nitrogens with one attached hydrogen (secondary N) is 1. The van der Waals surface area contributed by atoms with E-state index in [-0.39, 0.29) is 0 Å². The lowest BCUT2D eigenvalue weighted by molar-refractivity contribution is -0.118. The lowest BCUT2D eigenvalue weighted by Crippen LogP contribution is -2.46. The number of aryl methyl sites for hydroxylation is 2. The molecule has 148 valence electrons. The molecule has 4 rings (SSSR count). The van der Waals surface area contributed by atoms with Crippen molar-refractivity contribution in [2.75, 3.05) is 36.4 Å². The molecule has 6 heteroatoms. The van der Waals surface area contributed by atoms with Gasteiger partial charge >= 0.3 is 0 Å². The van der Waals surface area contributed by atoms with Crippen LogP contribution in [0.5, 0.6) is 0 Å². The molecule has 0 aliphatic carbocycles. The minimum atomic E-state index is 0.689. The number of hydrogen-bond acceptors (Lipinski definition) is 5. The predicted octanol–water partition coefficient (Wildman–Crippen LogP) is 3.78. The number of anilines is 3. The number of carbonyl (C=O) groups excluding carboxylic acids is 1. The lowest BCUT2D eigenvalue weighted by Gasteiger charge is -2.33. The van der Waals surface area contributed by atoms with Gasteiger partial charge in [0.2, 0.25) is 6.41 Å². The zero-order chi connectivity index (χ0) is 20.2. The number of rotatable bonds is 5. The first-order valence-electron chi connectivity index (χ1n) is 9.86. The Balaban J connectivity index is 1.71. The number of hydrogen-bond donors (Lipinski definition) is 1. The third kappa shape index (κ3) is 4.21. The molecule has 6 nitrogen and oxygen atoms in total. The molecule has 1 fully saturated rings. The second-order valence-electron chi connectivity index (χ2n) is 7.32. The van der Waals surface area contributed by atoms with E-state index in [1.54, 1.807) is 4.90 Å². The van der Waals surface area contributed by atoms with Crippen LogP contribution < -0.4 is 10.2 Å². The summed E-state index contributed by atoms with van der Waals surface area (Å²) in [4.78, 5) is 24.7. The van der Waals surface area contributed by atoms with Crippen molar-refractivity contribution in [3.05, 3.63) is 65.7 Å². The second kappa shape index (κ2) is 8.31. The Morgan fingerprint density at radius 3 is 2.24 bits per heavy atom. The van der Waals surface area contributed by atoms with Gasteiger partial charge in [0.15, 0.2) is 5.82 Å². The molecule has 0 saturated carbocycles. The van der Waals surface area contributed by atoms with Crippen LogP contribution in [-0.2, 0) is 4.79 Å². The minimum absolute atomic E-state index is 0.689. The van der Waals surface area contributed by atoms with E-state index in [0.717, 1.165) is 42.4 Å². The fourth-order valence-corrected chi connectivity index (χ4v) is 3.57. The number of aromatic nitrogens is 2. The Morgan fingerprint density at radius 2 is 1.59 bits per heavy atom. The number of piperazine rings is 1. The van der Waals surface area contributed by atoms with Crippen LogP contribution in [0.2, 0.25) is 0 Å². The summed E-state index contributed by atoms with van der Waals surface area (Å²) in [5, 5.41) is 3.51. The van der Waals surface area contributed by atoms with Crippen molar-refractivity contribution < 1.29 is 4.79 Å². The highest BCUT2D eigenvalue weighted by Gasteiger charge is 2.19. The summed E-state index contributed by atoms with van der Waals surface area (Å²) in [5.74, 6) is 2.33. The van der Waals surface area contributed by atoms with Gasteiger partial charge < -0.3 is 15.1 Å². The maximum Gasteiger partial charge on any atom is 0.209 e. The fraction of sp³-hybridized carbons (Fsp3) is 0.261. The molecule has 1 aliphatic rings. The molecule has 1 aromatic heterocycles. The van der Waals surface area contributed by atoms with E-state index in [9.17, 15) is 4.79 Å². The van der Waals surface area contributed by atoms with Crippen molar-refractivity contribution in [2.45, 2.75) is 13.8 Å². The normalized spacial score (nSPS) is 14.0. The molecule has 2 aromatic carbocycles. The Bertz CT molecular complexity index is 977. The SMILES string of the molecule is Cc1cccc(C)c1Nc1cc(N2CCN(C=O)CC2)nc(-c2ccccc2)n1. The maximum absolute atomic E-state index is 11.0. The maximum atomic E-state index is 11.0. The Kier molecular flexibility index (Phi) is 5.42. The first-order valence-corrected chi connectivity index (χ1v) is 9.86. The largest absolute Gasteiger partial charge is 0.353 e. The molecule has 1 amide bonds. The molecule has 29 heavy (non-hydrogen) atoms. The van der Waals surface area contributed by atoms with Crippen LogP contribution in [-0.4, -0.2) is 47.5 Å². The quantitative estimate of drug-likeness (QED) is 0.675. The van der Waals surface area contributed by atoms with Crippen LogP contribution in [0.15, 0.2) is 54.6 Å². The molecule has 0 unspecified atom stereocenters. The topological polar surface area (TPSA) is 61.4 Å². The highest BCUT2D eigenvalue weighted by molar-refractivity contribution is 5.69. The van der Waals surface area contributed by atoms with E-state index in [1.165, 1.54) is 11.1 Å². The minimum Gasteiger partial charge on any atom is -0.353 e. The molecule has 1 N–H and O–H groups in total. The third-order valence-corrected chi connectivity index (χ3v) is 5.27. The molecular formula is C23H25N5O. The van der Waals surface area contributed by atoms with Gasteiger partial charge in [0.05, 0.1) is 0 Å². The molecule has 0 radical (unpaired) electrons. The molecule has 2 heterocycles. The van der Waals surface area contributed by atoms with Crippen molar-refractivity contribution in [2.24, 2.45) is 0 Å². The van der Waals surface area contributed by atoms with Gasteiger partial charge in [-0.3, -0.25) is 4.79 Å². The number of nitrogens with zero attached hydrogens (tertiary/aromatic N) is 4. The summed E-state index contributed by atoms with van der Waals surface area (Å²) in [6.07, 6.45) is 0.917. The molecule has 0 bridgehead atoms.